The molecule has 3 rings (SSSR count). The predicted octanol–water partition coefficient (Wildman–Crippen LogP) is 4.20. The second kappa shape index (κ2) is 8.63. The number of nitrogens with two attached hydrogens (primary N) is 1. The van der Waals surface area contributed by atoms with Gasteiger partial charge in [-0.1, -0.05) is 26.0 Å². The van der Waals surface area contributed by atoms with Crippen molar-refractivity contribution in [3.05, 3.63) is 57.5 Å². The summed E-state index contributed by atoms with van der Waals surface area (Å²) in [5, 5.41) is 3.41. The molecule has 2 aromatic rings. The number of nitrogens with zero attached hydrogens (tertiary/aromatic N) is 2. The Morgan fingerprint density at radius 1 is 1.28 bits per heavy atom. The summed E-state index contributed by atoms with van der Waals surface area (Å²) in [7, 11) is 0. The van der Waals surface area contributed by atoms with Crippen LogP contribution in [0.2, 0.25) is 0 Å². The van der Waals surface area contributed by atoms with E-state index >= 15 is 0 Å². The lowest BCUT2D eigenvalue weighted by Crippen LogP contribution is -2.51. The highest BCUT2D eigenvalue weighted by Gasteiger charge is 2.38. The quantitative estimate of drug-likeness (QED) is 0.711. The molecule has 1 aliphatic heterocycles. The number of guanidine groups is 1. The fourth-order valence-corrected chi connectivity index (χ4v) is 4.26. The van der Waals surface area contributed by atoms with Crippen LogP contribution in [0.25, 0.3) is 0 Å². The van der Waals surface area contributed by atoms with Gasteiger partial charge in [0.15, 0.2) is 5.96 Å². The van der Waals surface area contributed by atoms with Crippen LogP contribution in [-0.4, -0.2) is 22.3 Å². The highest BCUT2D eigenvalue weighted by atomic mass is 32.1. The average Bonchev–Trinajstić information content (AvgIpc) is 3.10. The van der Waals surface area contributed by atoms with Crippen molar-refractivity contribution in [3.8, 4) is 0 Å². The van der Waals surface area contributed by atoms with E-state index in [0.717, 1.165) is 15.3 Å². The Balaban J connectivity index is 1.61. The summed E-state index contributed by atoms with van der Waals surface area (Å²) in [6.07, 6.45) is 0.371. The van der Waals surface area contributed by atoms with Gasteiger partial charge in [0.1, 0.15) is 5.82 Å². The van der Waals surface area contributed by atoms with E-state index in [2.05, 4.69) is 24.2 Å². The van der Waals surface area contributed by atoms with Crippen molar-refractivity contribution in [1.82, 2.24) is 10.2 Å². The van der Waals surface area contributed by atoms with Gasteiger partial charge in [-0.15, -0.1) is 11.3 Å². The topological polar surface area (TPSA) is 70.7 Å². The summed E-state index contributed by atoms with van der Waals surface area (Å²) in [6, 6.07) is 10.7. The molecule has 29 heavy (non-hydrogen) atoms. The monoisotopic (exact) mass is 416 g/mol. The molecule has 0 spiro atoms. The molecule has 2 heterocycles. The van der Waals surface area contributed by atoms with Gasteiger partial charge in [-0.2, -0.15) is 0 Å². The molecule has 0 fully saturated rings. The van der Waals surface area contributed by atoms with Gasteiger partial charge in [0.05, 0.1) is 18.5 Å². The van der Waals surface area contributed by atoms with Gasteiger partial charge in [0.25, 0.3) is 0 Å². The number of amides is 1. The fourth-order valence-electron chi connectivity index (χ4n) is 3.30. The van der Waals surface area contributed by atoms with Crippen LogP contribution in [0, 0.1) is 11.7 Å². The minimum Gasteiger partial charge on any atom is -0.369 e. The van der Waals surface area contributed by atoms with Gasteiger partial charge in [-0.25, -0.2) is 9.38 Å². The van der Waals surface area contributed by atoms with E-state index in [9.17, 15) is 9.18 Å². The Bertz CT molecular complexity index is 910. The zero-order valence-corrected chi connectivity index (χ0v) is 18.2. The maximum atomic E-state index is 13.4. The zero-order valence-electron chi connectivity index (χ0n) is 17.4. The second-order valence-electron chi connectivity index (χ2n) is 8.16. The largest absolute Gasteiger partial charge is 0.369 e. The van der Waals surface area contributed by atoms with Crippen LogP contribution in [0.3, 0.4) is 0 Å². The summed E-state index contributed by atoms with van der Waals surface area (Å²) in [6.45, 7) is 9.22. The van der Waals surface area contributed by atoms with Crippen LogP contribution < -0.4 is 11.1 Å². The Hall–Kier alpha value is -2.25. The SMILES string of the molecule is CC(NCc1ccc(CN2C(=O)CC(C)(C(C)C)N=C2N)s1)c1cccc(F)c1. The molecule has 1 aromatic heterocycles. The standard InChI is InChI=1S/C22H29FN4OS/c1-14(2)22(4)11-20(28)27(21(24)26-22)13-19-9-8-18(29-19)12-25-15(3)16-6-5-7-17(23)10-16/h5-10,14-15,25H,11-13H2,1-4H3,(H2,24,26). The molecule has 1 aliphatic rings. The lowest BCUT2D eigenvalue weighted by atomic mass is 9.84. The van der Waals surface area contributed by atoms with Gasteiger partial charge in [-0.05, 0) is 49.6 Å². The van der Waals surface area contributed by atoms with Crippen molar-refractivity contribution in [2.45, 2.75) is 58.8 Å². The third-order valence-electron chi connectivity index (χ3n) is 5.66. The minimum absolute atomic E-state index is 0.0153. The third kappa shape index (κ3) is 5.03. The highest BCUT2D eigenvalue weighted by Crippen LogP contribution is 2.31. The molecule has 1 amide bonds. The molecule has 5 nitrogen and oxygen atoms in total. The number of aliphatic imine (C=N–C) groups is 1. The van der Waals surface area contributed by atoms with Crippen LogP contribution in [0.15, 0.2) is 41.4 Å². The highest BCUT2D eigenvalue weighted by molar-refractivity contribution is 7.11. The number of benzene rings is 1. The van der Waals surface area contributed by atoms with E-state index in [1.807, 2.05) is 32.0 Å². The van der Waals surface area contributed by atoms with Gasteiger partial charge < -0.3 is 11.1 Å². The molecule has 3 N–H and O–H groups in total. The molecule has 156 valence electrons. The molecule has 1 aromatic carbocycles. The predicted molar refractivity (Wildman–Crippen MR) is 116 cm³/mol. The third-order valence-corrected chi connectivity index (χ3v) is 6.73. The Morgan fingerprint density at radius 3 is 2.66 bits per heavy atom. The number of hydrogen-bond donors (Lipinski definition) is 2. The maximum Gasteiger partial charge on any atom is 0.232 e. The van der Waals surface area contributed by atoms with Gasteiger partial charge in [0.2, 0.25) is 5.91 Å². The average molecular weight is 417 g/mol. The zero-order chi connectivity index (χ0) is 21.2. The van der Waals surface area contributed by atoms with Crippen LogP contribution >= 0.6 is 11.3 Å². The first-order valence-corrected chi connectivity index (χ1v) is 10.7. The molecule has 0 radical (unpaired) electrons. The van der Waals surface area contributed by atoms with Gasteiger partial charge in [0, 0.05) is 22.3 Å². The smallest absolute Gasteiger partial charge is 0.232 e. The number of thiophene rings is 1. The first-order chi connectivity index (χ1) is 13.7. The number of carbonyl (C=O) groups excluding carboxylic acids is 1. The molecule has 2 atom stereocenters. The van der Waals surface area contributed by atoms with E-state index in [0.29, 0.717) is 25.5 Å². The number of nitrogens with one attached hydrogen (secondary N) is 1. The van der Waals surface area contributed by atoms with Crippen molar-refractivity contribution in [2.24, 2.45) is 16.6 Å². The summed E-state index contributed by atoms with van der Waals surface area (Å²) in [5.41, 5.74) is 6.61. The van der Waals surface area contributed by atoms with Crippen molar-refractivity contribution in [3.63, 3.8) is 0 Å². The lowest BCUT2D eigenvalue weighted by Gasteiger charge is -2.37. The number of halogens is 1. The molecule has 0 aliphatic carbocycles. The number of hydrogen-bond acceptors (Lipinski definition) is 5. The fraction of sp³-hybridized carbons (Fsp3) is 0.455. The summed E-state index contributed by atoms with van der Waals surface area (Å²) < 4.78 is 13.4. The first kappa shape index (κ1) is 21.5. The normalized spacial score (nSPS) is 20.8. The van der Waals surface area contributed by atoms with E-state index in [1.165, 1.54) is 6.07 Å². The van der Waals surface area contributed by atoms with E-state index in [4.69, 9.17) is 5.73 Å². The van der Waals surface area contributed by atoms with E-state index < -0.39 is 5.54 Å². The first-order valence-electron chi connectivity index (χ1n) is 9.90. The van der Waals surface area contributed by atoms with Crippen LogP contribution in [0.5, 0.6) is 0 Å². The van der Waals surface area contributed by atoms with Crippen LogP contribution in [-0.2, 0) is 17.9 Å². The molecular weight excluding hydrogens is 387 g/mol. The van der Waals surface area contributed by atoms with Gasteiger partial charge in [-0.3, -0.25) is 9.69 Å². The minimum atomic E-state index is -0.435. The molecule has 2 unspecified atom stereocenters. The van der Waals surface area contributed by atoms with E-state index in [-0.39, 0.29) is 23.7 Å². The molecular formula is C22H29FN4OS. The molecule has 7 heteroatoms. The summed E-state index contributed by atoms with van der Waals surface area (Å²) in [4.78, 5) is 21.0. The Morgan fingerprint density at radius 2 is 2.00 bits per heavy atom. The van der Waals surface area contributed by atoms with Crippen molar-refractivity contribution in [1.29, 1.82) is 0 Å². The lowest BCUT2D eigenvalue weighted by molar-refractivity contribution is -0.130. The van der Waals surface area contributed by atoms with Crippen molar-refractivity contribution in [2.75, 3.05) is 0 Å². The molecule has 0 saturated carbocycles. The van der Waals surface area contributed by atoms with Crippen molar-refractivity contribution >= 4 is 23.2 Å². The number of rotatable bonds is 7. The van der Waals surface area contributed by atoms with Gasteiger partial charge >= 0.3 is 0 Å². The molecule has 0 saturated heterocycles. The van der Waals surface area contributed by atoms with E-state index in [1.54, 1.807) is 28.4 Å². The van der Waals surface area contributed by atoms with Crippen molar-refractivity contribution < 1.29 is 9.18 Å². The second-order valence-corrected chi connectivity index (χ2v) is 9.42. The number of carbonyl (C=O) groups is 1. The Labute approximate surface area is 175 Å². The Kier molecular flexibility index (Phi) is 6.39. The maximum absolute atomic E-state index is 13.4. The summed E-state index contributed by atoms with van der Waals surface area (Å²) >= 11 is 1.64. The molecule has 0 bridgehead atoms. The summed E-state index contributed by atoms with van der Waals surface area (Å²) in [5.74, 6) is 0.326. The van der Waals surface area contributed by atoms with Crippen LogP contribution in [0.1, 0.15) is 55.5 Å². The van der Waals surface area contributed by atoms with Crippen LogP contribution in [0.4, 0.5) is 4.39 Å².